The molecule has 0 N–H and O–H groups in total. The highest BCUT2D eigenvalue weighted by Gasteiger charge is 2.17. The predicted molar refractivity (Wildman–Crippen MR) is 48.0 cm³/mol. The standard InChI is InChI=1S/C9H15NO3/c1-4-13-9(12)5-8(7(2)3)10-6-11/h7-8H,4-5H2,1-3H3/t8-/m1/s1. The van der Waals surface area contributed by atoms with Crippen molar-refractivity contribution in [1.29, 1.82) is 0 Å². The predicted octanol–water partition coefficient (Wildman–Crippen LogP) is 1.30. The maximum atomic E-state index is 11.0. The number of hydrogen-bond donors (Lipinski definition) is 0. The topological polar surface area (TPSA) is 55.7 Å². The maximum Gasteiger partial charge on any atom is 0.307 e. The van der Waals surface area contributed by atoms with E-state index in [9.17, 15) is 9.59 Å². The number of aliphatic imine (C=N–C) groups is 1. The SMILES string of the molecule is CCOC(=O)C[C@@H](N=C=O)C(C)C. The number of nitrogens with zero attached hydrogens (tertiary/aromatic N) is 1. The van der Waals surface area contributed by atoms with Crippen LogP contribution >= 0.6 is 0 Å². The summed E-state index contributed by atoms with van der Waals surface area (Å²) in [5, 5.41) is 0. The molecule has 0 saturated carbocycles. The monoisotopic (exact) mass is 185 g/mol. The molecule has 0 rings (SSSR count). The Morgan fingerprint density at radius 2 is 2.15 bits per heavy atom. The zero-order valence-electron chi connectivity index (χ0n) is 8.24. The fourth-order valence-electron chi connectivity index (χ4n) is 0.889. The summed E-state index contributed by atoms with van der Waals surface area (Å²) >= 11 is 0. The van der Waals surface area contributed by atoms with Gasteiger partial charge in [0.25, 0.3) is 0 Å². The molecule has 0 radical (unpaired) electrons. The van der Waals surface area contributed by atoms with Gasteiger partial charge in [0.05, 0.1) is 19.1 Å². The zero-order chi connectivity index (χ0) is 10.3. The smallest absolute Gasteiger partial charge is 0.307 e. The van der Waals surface area contributed by atoms with E-state index in [0.29, 0.717) is 6.61 Å². The molecule has 0 bridgehead atoms. The molecule has 0 spiro atoms. The first-order valence-electron chi connectivity index (χ1n) is 4.34. The van der Waals surface area contributed by atoms with Gasteiger partial charge in [0.1, 0.15) is 0 Å². The van der Waals surface area contributed by atoms with E-state index in [1.807, 2.05) is 13.8 Å². The summed E-state index contributed by atoms with van der Waals surface area (Å²) in [5.74, 6) is -0.175. The van der Waals surface area contributed by atoms with Gasteiger partial charge in [-0.3, -0.25) is 4.79 Å². The van der Waals surface area contributed by atoms with Gasteiger partial charge in [-0.05, 0) is 12.8 Å². The van der Waals surface area contributed by atoms with Crippen LogP contribution in [0.15, 0.2) is 4.99 Å². The van der Waals surface area contributed by atoms with E-state index < -0.39 is 0 Å². The minimum atomic E-state index is -0.319. The third-order valence-corrected chi connectivity index (χ3v) is 1.67. The second kappa shape index (κ2) is 6.38. The lowest BCUT2D eigenvalue weighted by atomic mass is 10.0. The van der Waals surface area contributed by atoms with Crippen LogP contribution < -0.4 is 0 Å². The molecule has 4 nitrogen and oxygen atoms in total. The Bertz CT molecular complexity index is 207. The first-order chi connectivity index (χ1) is 6.11. The number of rotatable bonds is 5. The minimum Gasteiger partial charge on any atom is -0.466 e. The Morgan fingerprint density at radius 3 is 2.54 bits per heavy atom. The second-order valence-electron chi connectivity index (χ2n) is 3.04. The van der Waals surface area contributed by atoms with Crippen LogP contribution in [-0.2, 0) is 14.3 Å². The molecule has 13 heavy (non-hydrogen) atoms. The molecule has 0 aromatic heterocycles. The molecular weight excluding hydrogens is 170 g/mol. The highest BCUT2D eigenvalue weighted by atomic mass is 16.5. The van der Waals surface area contributed by atoms with Crippen molar-refractivity contribution in [1.82, 2.24) is 0 Å². The highest BCUT2D eigenvalue weighted by molar-refractivity contribution is 5.70. The van der Waals surface area contributed by atoms with Crippen LogP contribution in [0, 0.1) is 5.92 Å². The van der Waals surface area contributed by atoms with Crippen LogP contribution in [0.25, 0.3) is 0 Å². The zero-order valence-corrected chi connectivity index (χ0v) is 8.24. The molecule has 0 fully saturated rings. The summed E-state index contributed by atoms with van der Waals surface area (Å²) in [4.78, 5) is 24.6. The molecule has 1 atom stereocenters. The molecule has 0 aromatic rings. The van der Waals surface area contributed by atoms with Crippen LogP contribution in [0.4, 0.5) is 0 Å². The Labute approximate surface area is 78.0 Å². The third kappa shape index (κ3) is 5.15. The number of isocyanates is 1. The Morgan fingerprint density at radius 1 is 1.54 bits per heavy atom. The van der Waals surface area contributed by atoms with Crippen LogP contribution in [0.2, 0.25) is 0 Å². The quantitative estimate of drug-likeness (QED) is 0.368. The van der Waals surface area contributed by atoms with Gasteiger partial charge < -0.3 is 4.74 Å². The van der Waals surface area contributed by atoms with Crippen LogP contribution in [0.5, 0.6) is 0 Å². The van der Waals surface area contributed by atoms with Crippen molar-refractivity contribution in [2.24, 2.45) is 10.9 Å². The van der Waals surface area contributed by atoms with Crippen LogP contribution in [0.1, 0.15) is 27.2 Å². The summed E-state index contributed by atoms with van der Waals surface area (Å²) in [7, 11) is 0. The molecule has 0 amide bonds. The average molecular weight is 185 g/mol. The summed E-state index contributed by atoms with van der Waals surface area (Å²) in [6, 6.07) is -0.309. The first kappa shape index (κ1) is 11.8. The van der Waals surface area contributed by atoms with Gasteiger partial charge in [0.2, 0.25) is 6.08 Å². The lowest BCUT2D eigenvalue weighted by Crippen LogP contribution is -2.19. The van der Waals surface area contributed by atoms with E-state index >= 15 is 0 Å². The van der Waals surface area contributed by atoms with Gasteiger partial charge in [0, 0.05) is 0 Å². The number of carbonyl (C=O) groups excluding carboxylic acids is 2. The molecule has 0 heterocycles. The van der Waals surface area contributed by atoms with Gasteiger partial charge in [-0.1, -0.05) is 13.8 Å². The fraction of sp³-hybridized carbons (Fsp3) is 0.778. The number of hydrogen-bond acceptors (Lipinski definition) is 4. The van der Waals surface area contributed by atoms with Crippen molar-refractivity contribution in [3.05, 3.63) is 0 Å². The number of carbonyl (C=O) groups is 1. The molecule has 0 unspecified atom stereocenters. The van der Waals surface area contributed by atoms with Crippen molar-refractivity contribution >= 4 is 12.0 Å². The normalized spacial score (nSPS) is 12.0. The number of esters is 1. The molecule has 0 aromatic carbocycles. The maximum absolute atomic E-state index is 11.0. The van der Waals surface area contributed by atoms with E-state index in [0.717, 1.165) is 0 Å². The summed E-state index contributed by atoms with van der Waals surface area (Å²) in [6.07, 6.45) is 1.62. The van der Waals surface area contributed by atoms with Gasteiger partial charge in [0.15, 0.2) is 0 Å². The summed E-state index contributed by atoms with van der Waals surface area (Å²) in [5.41, 5.74) is 0. The molecule has 0 aliphatic rings. The van der Waals surface area contributed by atoms with Crippen LogP contribution in [0.3, 0.4) is 0 Å². The largest absolute Gasteiger partial charge is 0.466 e. The van der Waals surface area contributed by atoms with Gasteiger partial charge in [-0.15, -0.1) is 0 Å². The van der Waals surface area contributed by atoms with Crippen molar-refractivity contribution in [2.75, 3.05) is 6.61 Å². The van der Waals surface area contributed by atoms with Crippen molar-refractivity contribution in [2.45, 2.75) is 33.2 Å². The number of ether oxygens (including phenoxy) is 1. The van der Waals surface area contributed by atoms with Crippen molar-refractivity contribution < 1.29 is 14.3 Å². The van der Waals surface area contributed by atoms with E-state index in [1.54, 1.807) is 6.92 Å². The lowest BCUT2D eigenvalue weighted by molar-refractivity contribution is -0.143. The molecule has 0 aliphatic carbocycles. The van der Waals surface area contributed by atoms with Crippen molar-refractivity contribution in [3.8, 4) is 0 Å². The van der Waals surface area contributed by atoms with Gasteiger partial charge in [-0.2, -0.15) is 0 Å². The Kier molecular flexibility index (Phi) is 5.81. The minimum absolute atomic E-state index is 0.144. The van der Waals surface area contributed by atoms with Crippen molar-refractivity contribution in [3.63, 3.8) is 0 Å². The fourth-order valence-corrected chi connectivity index (χ4v) is 0.889. The molecule has 0 saturated heterocycles. The highest BCUT2D eigenvalue weighted by Crippen LogP contribution is 2.10. The molecule has 4 heteroatoms. The summed E-state index contributed by atoms with van der Waals surface area (Å²) < 4.78 is 4.74. The Hall–Kier alpha value is -1.15. The van der Waals surface area contributed by atoms with Gasteiger partial charge in [-0.25, -0.2) is 9.79 Å². The third-order valence-electron chi connectivity index (χ3n) is 1.67. The summed E-state index contributed by atoms with van der Waals surface area (Å²) in [6.45, 7) is 5.88. The average Bonchev–Trinajstić information content (AvgIpc) is 2.04. The molecule has 74 valence electrons. The van der Waals surface area contributed by atoms with Gasteiger partial charge >= 0.3 is 5.97 Å². The van der Waals surface area contributed by atoms with Crippen LogP contribution in [-0.4, -0.2) is 24.7 Å². The van der Waals surface area contributed by atoms with E-state index in [4.69, 9.17) is 4.74 Å². The van der Waals surface area contributed by atoms with E-state index in [2.05, 4.69) is 4.99 Å². The second-order valence-corrected chi connectivity index (χ2v) is 3.04. The lowest BCUT2D eigenvalue weighted by Gasteiger charge is -2.12. The molecule has 0 aliphatic heterocycles. The van der Waals surface area contributed by atoms with E-state index in [1.165, 1.54) is 6.08 Å². The molecular formula is C9H15NO3. The Balaban J connectivity index is 4.09. The first-order valence-corrected chi connectivity index (χ1v) is 4.34. The van der Waals surface area contributed by atoms with E-state index in [-0.39, 0.29) is 24.3 Å².